The second kappa shape index (κ2) is 9.02. The van der Waals surface area contributed by atoms with Gasteiger partial charge in [0.1, 0.15) is 19.0 Å². The molecule has 4 aromatic rings. The van der Waals surface area contributed by atoms with E-state index in [-0.39, 0.29) is 30.9 Å². The van der Waals surface area contributed by atoms with Crippen molar-refractivity contribution in [1.29, 1.82) is 0 Å². The van der Waals surface area contributed by atoms with Crippen molar-refractivity contribution in [2.45, 2.75) is 52.0 Å². The normalized spacial score (nSPS) is 17.4. The number of nitro groups is 1. The van der Waals surface area contributed by atoms with Crippen LogP contribution in [-0.4, -0.2) is 25.6 Å². The predicted octanol–water partition coefficient (Wildman–Crippen LogP) is 4.13. The van der Waals surface area contributed by atoms with Crippen LogP contribution in [0.3, 0.4) is 0 Å². The average Bonchev–Trinajstić information content (AvgIpc) is 3.31. The number of hydrogen-bond donors (Lipinski definition) is 1. The third-order valence-electron chi connectivity index (χ3n) is 7.68. The number of ether oxygens (including phenoxy) is 2. The van der Waals surface area contributed by atoms with E-state index in [4.69, 9.17) is 14.5 Å². The lowest BCUT2D eigenvalue weighted by atomic mass is 9.86. The van der Waals surface area contributed by atoms with Gasteiger partial charge in [-0.3, -0.25) is 14.9 Å². The summed E-state index contributed by atoms with van der Waals surface area (Å²) in [6, 6.07) is 13.5. The molecule has 39 heavy (non-hydrogen) atoms. The Labute approximate surface area is 222 Å². The molecule has 198 valence electrons. The fourth-order valence-electron chi connectivity index (χ4n) is 5.52. The Kier molecular flexibility index (Phi) is 5.72. The van der Waals surface area contributed by atoms with E-state index in [9.17, 15) is 24.8 Å². The maximum atomic E-state index is 13.5. The smallest absolute Gasteiger partial charge is 0.343 e. The summed E-state index contributed by atoms with van der Waals surface area (Å²) in [6.07, 6.45) is 0.776. The summed E-state index contributed by atoms with van der Waals surface area (Å²) in [6.45, 7) is 4.12. The second-order valence-electron chi connectivity index (χ2n) is 9.77. The Hall–Kier alpha value is -4.57. The van der Waals surface area contributed by atoms with Gasteiger partial charge in [-0.25, -0.2) is 9.78 Å². The molecule has 0 fully saturated rings. The minimum Gasteiger partial charge on any atom is -0.489 e. The summed E-state index contributed by atoms with van der Waals surface area (Å²) >= 11 is 0. The van der Waals surface area contributed by atoms with Gasteiger partial charge in [0.25, 0.3) is 11.2 Å². The molecule has 0 radical (unpaired) electrons. The fourth-order valence-corrected chi connectivity index (χ4v) is 5.52. The minimum atomic E-state index is -1.87. The molecular weight excluding hydrogens is 502 g/mol. The molecule has 2 aromatic carbocycles. The van der Waals surface area contributed by atoms with Crippen molar-refractivity contribution in [1.82, 2.24) is 9.55 Å². The number of rotatable bonds is 6. The third kappa shape index (κ3) is 3.78. The Morgan fingerprint density at radius 3 is 2.59 bits per heavy atom. The Morgan fingerprint density at radius 1 is 1.13 bits per heavy atom. The van der Waals surface area contributed by atoms with Crippen molar-refractivity contribution in [2.75, 3.05) is 0 Å². The molecule has 2 aliphatic heterocycles. The number of aromatic nitrogens is 2. The van der Waals surface area contributed by atoms with E-state index in [1.807, 2.05) is 25.1 Å². The molecule has 2 aromatic heterocycles. The van der Waals surface area contributed by atoms with Crippen molar-refractivity contribution in [3.63, 3.8) is 0 Å². The average molecular weight is 528 g/mol. The first-order valence-corrected chi connectivity index (χ1v) is 12.7. The topological polar surface area (TPSA) is 134 Å². The minimum absolute atomic E-state index is 0.0245. The van der Waals surface area contributed by atoms with Crippen LogP contribution < -0.4 is 10.3 Å². The third-order valence-corrected chi connectivity index (χ3v) is 7.68. The van der Waals surface area contributed by atoms with E-state index in [1.165, 1.54) is 12.1 Å². The first-order valence-electron chi connectivity index (χ1n) is 12.7. The zero-order chi connectivity index (χ0) is 27.5. The molecule has 1 atom stereocenters. The lowest BCUT2D eigenvalue weighted by Crippen LogP contribution is -2.44. The number of pyridine rings is 2. The molecule has 0 saturated carbocycles. The number of nitro benzene ring substituents is 1. The molecule has 2 aliphatic rings. The maximum Gasteiger partial charge on any atom is 0.343 e. The van der Waals surface area contributed by atoms with Crippen molar-refractivity contribution in [2.24, 2.45) is 0 Å². The van der Waals surface area contributed by atoms with Gasteiger partial charge >= 0.3 is 5.97 Å². The molecule has 0 saturated heterocycles. The predicted molar refractivity (Wildman–Crippen MR) is 141 cm³/mol. The molecular formula is C29H25N3O7. The van der Waals surface area contributed by atoms with E-state index >= 15 is 0 Å². The summed E-state index contributed by atoms with van der Waals surface area (Å²) in [7, 11) is 0. The molecule has 0 amide bonds. The van der Waals surface area contributed by atoms with E-state index in [0.29, 0.717) is 41.2 Å². The van der Waals surface area contributed by atoms with Gasteiger partial charge in [0, 0.05) is 28.6 Å². The number of hydrogen-bond acceptors (Lipinski definition) is 8. The first-order chi connectivity index (χ1) is 18.7. The summed E-state index contributed by atoms with van der Waals surface area (Å²) in [5.74, 6) is -0.119. The van der Waals surface area contributed by atoms with Gasteiger partial charge in [0.15, 0.2) is 5.60 Å². The highest BCUT2D eigenvalue weighted by Gasteiger charge is 2.45. The number of fused-ring (bicyclic) bond motifs is 5. The molecule has 0 unspecified atom stereocenters. The van der Waals surface area contributed by atoms with Crippen LogP contribution in [0.4, 0.5) is 5.69 Å². The number of carbonyl (C=O) groups is 1. The van der Waals surface area contributed by atoms with E-state index in [0.717, 1.165) is 27.6 Å². The quantitative estimate of drug-likeness (QED) is 0.198. The Balaban J connectivity index is 1.39. The SMILES string of the molecule is CCc1c2c(nc3ccc(OCc4ccc([N+](=O)[O-])cc4)cc13)-c1cc3c(c(=O)n1C2)COC(=O)[C@]3(O)CC. The number of benzene rings is 2. The lowest BCUT2D eigenvalue weighted by Gasteiger charge is -2.31. The zero-order valence-corrected chi connectivity index (χ0v) is 21.4. The first kappa shape index (κ1) is 24.7. The monoisotopic (exact) mass is 527 g/mol. The van der Waals surface area contributed by atoms with Gasteiger partial charge in [0.05, 0.1) is 33.9 Å². The Bertz CT molecular complexity index is 1740. The summed E-state index contributed by atoms with van der Waals surface area (Å²) in [4.78, 5) is 41.3. The van der Waals surface area contributed by atoms with Gasteiger partial charge in [-0.2, -0.15) is 0 Å². The molecule has 0 spiro atoms. The van der Waals surface area contributed by atoms with Gasteiger partial charge in [-0.05, 0) is 60.4 Å². The van der Waals surface area contributed by atoms with E-state index in [2.05, 4.69) is 0 Å². The zero-order valence-electron chi connectivity index (χ0n) is 21.4. The lowest BCUT2D eigenvalue weighted by molar-refractivity contribution is -0.384. The number of cyclic esters (lactones) is 1. The highest BCUT2D eigenvalue weighted by Crippen LogP contribution is 2.40. The van der Waals surface area contributed by atoms with Gasteiger partial charge in [-0.1, -0.05) is 13.8 Å². The van der Waals surface area contributed by atoms with Crippen LogP contribution >= 0.6 is 0 Å². The number of carbonyl (C=O) groups excluding carboxylic acids is 1. The van der Waals surface area contributed by atoms with E-state index in [1.54, 1.807) is 29.7 Å². The summed E-state index contributed by atoms with van der Waals surface area (Å²) < 4.78 is 12.8. The van der Waals surface area contributed by atoms with Crippen molar-refractivity contribution < 1.29 is 24.3 Å². The molecule has 10 heteroatoms. The van der Waals surface area contributed by atoms with Gasteiger partial charge < -0.3 is 19.1 Å². The molecule has 0 bridgehead atoms. The molecule has 6 rings (SSSR count). The fraction of sp³-hybridized carbons (Fsp3) is 0.276. The van der Waals surface area contributed by atoms with Crippen LogP contribution in [0.1, 0.15) is 48.1 Å². The van der Waals surface area contributed by atoms with Gasteiger partial charge in [0.2, 0.25) is 0 Å². The summed E-state index contributed by atoms with van der Waals surface area (Å²) in [5.41, 5.74) is 3.18. The number of aryl methyl sites for hydroxylation is 1. The summed E-state index contributed by atoms with van der Waals surface area (Å²) in [5, 5.41) is 22.9. The number of aliphatic hydroxyl groups is 1. The van der Waals surface area contributed by atoms with E-state index < -0.39 is 16.5 Å². The number of nitrogens with zero attached hydrogens (tertiary/aromatic N) is 3. The largest absolute Gasteiger partial charge is 0.489 e. The van der Waals surface area contributed by atoms with Crippen LogP contribution in [0, 0.1) is 10.1 Å². The van der Waals surface area contributed by atoms with Crippen LogP contribution in [0.2, 0.25) is 0 Å². The van der Waals surface area contributed by atoms with Crippen LogP contribution in [-0.2, 0) is 41.3 Å². The highest BCUT2D eigenvalue weighted by molar-refractivity contribution is 5.90. The number of non-ortho nitro benzene ring substituents is 1. The van der Waals surface area contributed by atoms with Crippen molar-refractivity contribution in [3.8, 4) is 17.1 Å². The highest BCUT2D eigenvalue weighted by atomic mass is 16.6. The van der Waals surface area contributed by atoms with Gasteiger partial charge in [-0.15, -0.1) is 0 Å². The Morgan fingerprint density at radius 2 is 1.90 bits per heavy atom. The molecule has 4 heterocycles. The molecule has 1 N–H and O–H groups in total. The van der Waals surface area contributed by atoms with Crippen molar-refractivity contribution in [3.05, 3.63) is 96.8 Å². The second-order valence-corrected chi connectivity index (χ2v) is 9.77. The standard InChI is InChI=1S/C29H25N3O7/c1-3-19-20-11-18(38-14-16-5-7-17(8-6-16)32(36)37)9-10-24(20)30-26-21(19)13-31-25(26)12-23-22(27(31)33)15-39-28(34)29(23,35)4-2/h5-12,35H,3-4,13-15H2,1-2H3/t29-/m0/s1. The molecule has 10 nitrogen and oxygen atoms in total. The van der Waals surface area contributed by atoms with Crippen LogP contribution in [0.15, 0.2) is 53.3 Å². The van der Waals surface area contributed by atoms with Crippen molar-refractivity contribution >= 4 is 22.6 Å². The van der Waals surface area contributed by atoms with Crippen LogP contribution in [0.5, 0.6) is 5.75 Å². The number of esters is 1. The van der Waals surface area contributed by atoms with Crippen LogP contribution in [0.25, 0.3) is 22.3 Å². The maximum absolute atomic E-state index is 13.5. The molecule has 0 aliphatic carbocycles.